The van der Waals surface area contributed by atoms with Crippen molar-refractivity contribution >= 4 is 21.7 Å². The van der Waals surface area contributed by atoms with Crippen molar-refractivity contribution in [3.05, 3.63) is 34.3 Å². The molecule has 19 heavy (non-hydrogen) atoms. The van der Waals surface area contributed by atoms with Crippen LogP contribution in [0, 0.1) is 5.92 Å². The van der Waals surface area contributed by atoms with Gasteiger partial charge in [0.25, 0.3) is 0 Å². The van der Waals surface area contributed by atoms with Gasteiger partial charge in [0, 0.05) is 16.9 Å². The van der Waals surface area contributed by atoms with Gasteiger partial charge in [-0.25, -0.2) is 0 Å². The van der Waals surface area contributed by atoms with Crippen LogP contribution in [0.25, 0.3) is 0 Å². The molecule has 1 heterocycles. The first-order chi connectivity index (χ1) is 9.20. The van der Waals surface area contributed by atoms with Crippen LogP contribution < -0.4 is 5.32 Å². The summed E-state index contributed by atoms with van der Waals surface area (Å²) in [4.78, 5) is 12.4. The number of carbonyl (C=O) groups is 1. The number of nitrogens with one attached hydrogen (secondary N) is 1. The maximum Gasteiger partial charge on any atom is 0.144 e. The summed E-state index contributed by atoms with van der Waals surface area (Å²) in [5.74, 6) is 0.259. The topological polar surface area (TPSA) is 38.3 Å². The van der Waals surface area contributed by atoms with Gasteiger partial charge >= 0.3 is 0 Å². The second-order valence-corrected chi connectivity index (χ2v) is 5.89. The average Bonchev–Trinajstić information content (AvgIpc) is 2.84. The van der Waals surface area contributed by atoms with Crippen LogP contribution in [0.4, 0.5) is 0 Å². The van der Waals surface area contributed by atoms with Gasteiger partial charge < -0.3 is 10.1 Å². The van der Waals surface area contributed by atoms with Gasteiger partial charge in [-0.2, -0.15) is 0 Å². The van der Waals surface area contributed by atoms with Gasteiger partial charge in [0.1, 0.15) is 5.78 Å². The Morgan fingerprint density at radius 1 is 1.47 bits per heavy atom. The number of benzene rings is 1. The Morgan fingerprint density at radius 3 is 3.05 bits per heavy atom. The molecular weight excluding hydrogens is 306 g/mol. The lowest BCUT2D eigenvalue weighted by Gasteiger charge is -2.17. The molecule has 4 heteroatoms. The van der Waals surface area contributed by atoms with Crippen LogP contribution in [0.15, 0.2) is 28.7 Å². The Bertz CT molecular complexity index is 436. The molecule has 2 atom stereocenters. The van der Waals surface area contributed by atoms with E-state index in [0.29, 0.717) is 19.6 Å². The first-order valence-electron chi connectivity index (χ1n) is 6.79. The van der Waals surface area contributed by atoms with Crippen LogP contribution in [0.2, 0.25) is 0 Å². The Kier molecular flexibility index (Phi) is 5.55. The fraction of sp³-hybridized carbons (Fsp3) is 0.533. The summed E-state index contributed by atoms with van der Waals surface area (Å²) in [5, 5.41) is 3.40. The molecule has 0 spiro atoms. The van der Waals surface area contributed by atoms with Crippen molar-refractivity contribution in [3.8, 4) is 0 Å². The number of hydrogen-bond donors (Lipinski definition) is 1. The van der Waals surface area contributed by atoms with E-state index in [1.54, 1.807) is 0 Å². The Morgan fingerprint density at radius 2 is 2.32 bits per heavy atom. The lowest BCUT2D eigenvalue weighted by Crippen LogP contribution is -2.40. The molecule has 104 valence electrons. The second-order valence-electron chi connectivity index (χ2n) is 4.98. The molecule has 1 fully saturated rings. The van der Waals surface area contributed by atoms with E-state index in [1.807, 2.05) is 24.3 Å². The predicted octanol–water partition coefficient (Wildman–Crippen LogP) is 2.58. The first kappa shape index (κ1) is 14.7. The van der Waals surface area contributed by atoms with Crippen molar-refractivity contribution in [1.29, 1.82) is 0 Å². The quantitative estimate of drug-likeness (QED) is 0.873. The first-order valence-corrected chi connectivity index (χ1v) is 7.58. The van der Waals surface area contributed by atoms with Gasteiger partial charge in [-0.3, -0.25) is 4.79 Å². The molecule has 1 aromatic rings. The molecule has 2 rings (SSSR count). The molecule has 1 aliphatic heterocycles. The summed E-state index contributed by atoms with van der Waals surface area (Å²) < 4.78 is 6.47. The molecule has 0 saturated carbocycles. The fourth-order valence-corrected chi connectivity index (χ4v) is 2.83. The summed E-state index contributed by atoms with van der Waals surface area (Å²) >= 11 is 3.43. The molecule has 0 bridgehead atoms. The average molecular weight is 326 g/mol. The second kappa shape index (κ2) is 7.17. The van der Waals surface area contributed by atoms with E-state index in [2.05, 4.69) is 28.2 Å². The number of carbonyl (C=O) groups excluding carboxylic acids is 1. The molecule has 3 nitrogen and oxygen atoms in total. The van der Waals surface area contributed by atoms with Gasteiger partial charge in [-0.15, -0.1) is 0 Å². The highest BCUT2D eigenvalue weighted by Crippen LogP contribution is 2.19. The minimum absolute atomic E-state index is 0.00877. The lowest BCUT2D eigenvalue weighted by atomic mass is 9.93. The summed E-state index contributed by atoms with van der Waals surface area (Å²) in [6, 6.07) is 8.11. The molecule has 0 radical (unpaired) electrons. The third-order valence-electron chi connectivity index (χ3n) is 3.42. The molecule has 0 aromatic heterocycles. The van der Waals surface area contributed by atoms with Gasteiger partial charge in [0.2, 0.25) is 0 Å². The minimum atomic E-state index is -0.00877. The van der Waals surface area contributed by atoms with Crippen molar-refractivity contribution in [1.82, 2.24) is 5.32 Å². The van der Waals surface area contributed by atoms with Crippen LogP contribution in [-0.4, -0.2) is 31.6 Å². The van der Waals surface area contributed by atoms with Gasteiger partial charge in [0.05, 0.1) is 19.1 Å². The predicted molar refractivity (Wildman–Crippen MR) is 79.2 cm³/mol. The number of rotatable bonds is 6. The van der Waals surface area contributed by atoms with Crippen LogP contribution in [-0.2, 0) is 16.0 Å². The van der Waals surface area contributed by atoms with E-state index in [-0.39, 0.29) is 17.7 Å². The highest BCUT2D eigenvalue weighted by Gasteiger charge is 2.33. The smallest absolute Gasteiger partial charge is 0.144 e. The maximum atomic E-state index is 12.4. The Balaban J connectivity index is 1.95. The number of ether oxygens (including phenoxy) is 1. The van der Waals surface area contributed by atoms with Crippen molar-refractivity contribution < 1.29 is 9.53 Å². The van der Waals surface area contributed by atoms with Crippen LogP contribution >= 0.6 is 15.9 Å². The summed E-state index contributed by atoms with van der Waals surface area (Å²) in [6.07, 6.45) is 1.56. The monoisotopic (exact) mass is 325 g/mol. The van der Waals surface area contributed by atoms with E-state index in [4.69, 9.17) is 4.74 Å². The zero-order chi connectivity index (χ0) is 13.7. The van der Waals surface area contributed by atoms with Crippen molar-refractivity contribution in [2.24, 2.45) is 5.92 Å². The molecule has 1 aromatic carbocycles. The van der Waals surface area contributed by atoms with E-state index in [1.165, 1.54) is 0 Å². The summed E-state index contributed by atoms with van der Waals surface area (Å²) in [5.41, 5.74) is 1.06. The standard InChI is InChI=1S/C15H20BrNO2/c1-2-6-17-14-10-19-9-13(14)15(18)8-11-4-3-5-12(16)7-11/h3-5,7,13-14,17H,2,6,8-10H2,1H3. The normalized spacial score (nSPS) is 22.6. The number of hydrogen-bond acceptors (Lipinski definition) is 3. The molecule has 1 aliphatic rings. The van der Waals surface area contributed by atoms with Gasteiger partial charge in [-0.1, -0.05) is 35.0 Å². The number of halogens is 1. The molecule has 1 N–H and O–H groups in total. The van der Waals surface area contributed by atoms with Crippen molar-refractivity contribution in [2.45, 2.75) is 25.8 Å². The molecule has 0 aliphatic carbocycles. The third kappa shape index (κ3) is 4.13. The largest absolute Gasteiger partial charge is 0.379 e. The van der Waals surface area contributed by atoms with E-state index >= 15 is 0 Å². The lowest BCUT2D eigenvalue weighted by molar-refractivity contribution is -0.122. The van der Waals surface area contributed by atoms with Crippen LogP contribution in [0.3, 0.4) is 0 Å². The van der Waals surface area contributed by atoms with E-state index in [9.17, 15) is 4.79 Å². The highest BCUT2D eigenvalue weighted by atomic mass is 79.9. The molecule has 1 saturated heterocycles. The van der Waals surface area contributed by atoms with Crippen molar-refractivity contribution in [3.63, 3.8) is 0 Å². The zero-order valence-electron chi connectivity index (χ0n) is 11.2. The van der Waals surface area contributed by atoms with Crippen LogP contribution in [0.5, 0.6) is 0 Å². The van der Waals surface area contributed by atoms with Gasteiger partial charge in [0.15, 0.2) is 0 Å². The highest BCUT2D eigenvalue weighted by molar-refractivity contribution is 9.10. The summed E-state index contributed by atoms with van der Waals surface area (Å²) in [6.45, 7) is 4.26. The zero-order valence-corrected chi connectivity index (χ0v) is 12.8. The van der Waals surface area contributed by atoms with Crippen molar-refractivity contribution in [2.75, 3.05) is 19.8 Å². The number of Topliss-reactive ketones (excluding diaryl/α,β-unsaturated/α-hetero) is 1. The molecule has 0 amide bonds. The Hall–Kier alpha value is -0.710. The van der Waals surface area contributed by atoms with E-state index in [0.717, 1.165) is 23.0 Å². The third-order valence-corrected chi connectivity index (χ3v) is 3.91. The minimum Gasteiger partial charge on any atom is -0.379 e. The van der Waals surface area contributed by atoms with Gasteiger partial charge in [-0.05, 0) is 30.7 Å². The van der Waals surface area contributed by atoms with Crippen LogP contribution in [0.1, 0.15) is 18.9 Å². The SMILES string of the molecule is CCCNC1COCC1C(=O)Cc1cccc(Br)c1. The maximum absolute atomic E-state index is 12.4. The molecule has 2 unspecified atom stereocenters. The fourth-order valence-electron chi connectivity index (χ4n) is 2.38. The Labute approximate surface area is 122 Å². The van der Waals surface area contributed by atoms with E-state index < -0.39 is 0 Å². The molecular formula is C15H20BrNO2. The summed E-state index contributed by atoms with van der Waals surface area (Å²) in [7, 11) is 0. The number of ketones is 1.